The molecule has 2 aliphatic heterocycles. The first kappa shape index (κ1) is 16.4. The third kappa shape index (κ3) is 4.11. The zero-order valence-corrected chi connectivity index (χ0v) is 14.1. The lowest BCUT2D eigenvalue weighted by molar-refractivity contribution is -0.122. The Morgan fingerprint density at radius 2 is 2.12 bits per heavy atom. The van der Waals surface area contributed by atoms with Crippen molar-refractivity contribution in [3.63, 3.8) is 0 Å². The van der Waals surface area contributed by atoms with Gasteiger partial charge in [0, 0.05) is 24.4 Å². The molecular weight excluding hydrogens is 318 g/mol. The summed E-state index contributed by atoms with van der Waals surface area (Å²) in [5.74, 6) is 1.32. The van der Waals surface area contributed by atoms with E-state index in [-0.39, 0.29) is 18.1 Å². The number of carbonyl (C=O) groups excluding carboxylic acids is 1. The van der Waals surface area contributed by atoms with Crippen LogP contribution in [0.3, 0.4) is 0 Å². The van der Waals surface area contributed by atoms with Crippen LogP contribution in [0, 0.1) is 5.92 Å². The number of para-hydroxylation sites is 1. The molecule has 1 aliphatic carbocycles. The number of rotatable bonds is 5. The van der Waals surface area contributed by atoms with E-state index in [1.807, 2.05) is 30.3 Å². The number of hydrogen-bond donors (Lipinski definition) is 1. The van der Waals surface area contributed by atoms with Gasteiger partial charge >= 0.3 is 0 Å². The fraction of sp³-hybridized carbons (Fsp3) is 0.450. The highest BCUT2D eigenvalue weighted by molar-refractivity contribution is 6.01. The van der Waals surface area contributed by atoms with E-state index in [9.17, 15) is 4.79 Å². The van der Waals surface area contributed by atoms with Crippen LogP contribution in [0.2, 0.25) is 0 Å². The van der Waals surface area contributed by atoms with Gasteiger partial charge < -0.3 is 19.5 Å². The van der Waals surface area contributed by atoms with Gasteiger partial charge in [-0.2, -0.15) is 0 Å². The average molecular weight is 341 g/mol. The molecule has 1 aromatic carbocycles. The molecule has 132 valence electrons. The van der Waals surface area contributed by atoms with Crippen LogP contribution in [-0.2, 0) is 14.3 Å². The molecule has 1 amide bonds. The van der Waals surface area contributed by atoms with Crippen molar-refractivity contribution in [1.29, 1.82) is 0 Å². The number of amides is 1. The standard InChI is InChI=1S/C20H23NO4/c22-20(16-7-10-24-18-4-2-1-3-15(18)11-16)21-17-13-23-9-8-19(17)25-12-14-5-6-14/h1-4,7,10-11,14,17,19H,5-6,8-9,12-13H2,(H,21,22)/t17-,19+/m1/s1. The highest BCUT2D eigenvalue weighted by Gasteiger charge is 2.31. The molecule has 2 atom stereocenters. The number of nitrogens with one attached hydrogen (secondary N) is 1. The van der Waals surface area contributed by atoms with Gasteiger partial charge in [-0.05, 0) is 43.4 Å². The number of hydrogen-bond acceptors (Lipinski definition) is 4. The summed E-state index contributed by atoms with van der Waals surface area (Å²) in [6.45, 7) is 1.97. The Kier molecular flexibility index (Phi) is 4.85. The fourth-order valence-corrected chi connectivity index (χ4v) is 3.09. The Hall–Kier alpha value is -2.11. The zero-order valence-electron chi connectivity index (χ0n) is 14.1. The Balaban J connectivity index is 1.43. The Labute approximate surface area is 147 Å². The zero-order chi connectivity index (χ0) is 17.1. The second-order valence-corrected chi connectivity index (χ2v) is 6.82. The first-order chi connectivity index (χ1) is 12.3. The largest absolute Gasteiger partial charge is 0.464 e. The number of fused-ring (bicyclic) bond motifs is 1. The highest BCUT2D eigenvalue weighted by Crippen LogP contribution is 2.30. The van der Waals surface area contributed by atoms with Gasteiger partial charge in [-0.25, -0.2) is 0 Å². The third-order valence-corrected chi connectivity index (χ3v) is 4.79. The average Bonchev–Trinajstić information content (AvgIpc) is 3.47. The molecule has 3 aliphatic rings. The Morgan fingerprint density at radius 3 is 3.00 bits per heavy atom. The molecule has 4 rings (SSSR count). The predicted molar refractivity (Wildman–Crippen MR) is 94.0 cm³/mol. The van der Waals surface area contributed by atoms with Crippen LogP contribution >= 0.6 is 0 Å². The van der Waals surface area contributed by atoms with E-state index >= 15 is 0 Å². The molecule has 2 fully saturated rings. The van der Waals surface area contributed by atoms with Gasteiger partial charge in [0.25, 0.3) is 5.91 Å². The lowest BCUT2D eigenvalue weighted by Gasteiger charge is -2.32. The summed E-state index contributed by atoms with van der Waals surface area (Å²) in [6, 6.07) is 7.53. The molecule has 5 nitrogen and oxygen atoms in total. The molecule has 0 radical (unpaired) electrons. The summed E-state index contributed by atoms with van der Waals surface area (Å²) in [5.41, 5.74) is 1.45. The summed E-state index contributed by atoms with van der Waals surface area (Å²) in [4.78, 5) is 12.7. The summed E-state index contributed by atoms with van der Waals surface area (Å²) in [5, 5.41) is 3.08. The van der Waals surface area contributed by atoms with Gasteiger partial charge in [0.05, 0.1) is 25.0 Å². The molecule has 25 heavy (non-hydrogen) atoms. The van der Waals surface area contributed by atoms with E-state index in [4.69, 9.17) is 14.2 Å². The molecule has 0 spiro atoms. The first-order valence-electron chi connectivity index (χ1n) is 8.94. The summed E-state index contributed by atoms with van der Waals surface area (Å²) in [6.07, 6.45) is 8.46. The van der Waals surface area contributed by atoms with Crippen LogP contribution in [0.5, 0.6) is 5.75 Å². The Morgan fingerprint density at radius 1 is 1.24 bits per heavy atom. The smallest absolute Gasteiger partial charge is 0.251 e. The first-order valence-corrected chi connectivity index (χ1v) is 8.94. The normalized spacial score (nSPS) is 25.4. The van der Waals surface area contributed by atoms with Crippen LogP contribution in [0.4, 0.5) is 0 Å². The van der Waals surface area contributed by atoms with Gasteiger partial charge in [-0.15, -0.1) is 0 Å². The lowest BCUT2D eigenvalue weighted by Crippen LogP contribution is -2.51. The van der Waals surface area contributed by atoms with Crippen molar-refractivity contribution in [2.45, 2.75) is 31.4 Å². The van der Waals surface area contributed by atoms with Crippen LogP contribution in [-0.4, -0.2) is 37.9 Å². The number of carbonyl (C=O) groups is 1. The van der Waals surface area contributed by atoms with Crippen molar-refractivity contribution in [3.05, 3.63) is 47.7 Å². The van der Waals surface area contributed by atoms with E-state index in [1.54, 1.807) is 12.3 Å². The maximum atomic E-state index is 12.7. The van der Waals surface area contributed by atoms with Crippen molar-refractivity contribution < 1.29 is 19.0 Å². The molecular formula is C20H23NO4. The molecule has 1 aromatic rings. The Bertz CT molecular complexity index is 693. The second-order valence-electron chi connectivity index (χ2n) is 6.82. The van der Waals surface area contributed by atoms with E-state index in [2.05, 4.69) is 5.32 Å². The summed E-state index contributed by atoms with van der Waals surface area (Å²) < 4.78 is 17.1. The van der Waals surface area contributed by atoms with Gasteiger partial charge in [0.2, 0.25) is 0 Å². The van der Waals surface area contributed by atoms with Crippen molar-refractivity contribution >= 4 is 12.0 Å². The maximum absolute atomic E-state index is 12.7. The summed E-state index contributed by atoms with van der Waals surface area (Å²) in [7, 11) is 0. The van der Waals surface area contributed by atoms with Gasteiger partial charge in [0.1, 0.15) is 5.75 Å². The molecule has 2 heterocycles. The minimum atomic E-state index is -0.132. The molecule has 0 unspecified atom stereocenters. The van der Waals surface area contributed by atoms with Crippen molar-refractivity contribution in [2.75, 3.05) is 19.8 Å². The van der Waals surface area contributed by atoms with E-state index < -0.39 is 0 Å². The minimum Gasteiger partial charge on any atom is -0.464 e. The van der Waals surface area contributed by atoms with Crippen molar-refractivity contribution in [3.8, 4) is 5.75 Å². The summed E-state index contributed by atoms with van der Waals surface area (Å²) >= 11 is 0. The lowest BCUT2D eigenvalue weighted by atomic mass is 10.0. The van der Waals surface area contributed by atoms with Crippen molar-refractivity contribution in [1.82, 2.24) is 5.32 Å². The van der Waals surface area contributed by atoms with Gasteiger partial charge in [-0.3, -0.25) is 4.79 Å². The minimum absolute atomic E-state index is 0.0252. The molecule has 1 saturated carbocycles. The highest BCUT2D eigenvalue weighted by atomic mass is 16.5. The van der Waals surface area contributed by atoms with E-state index in [0.717, 1.165) is 24.3 Å². The molecule has 1 N–H and O–H groups in total. The number of ether oxygens (including phenoxy) is 3. The molecule has 0 bridgehead atoms. The maximum Gasteiger partial charge on any atom is 0.251 e. The number of benzene rings is 1. The van der Waals surface area contributed by atoms with Crippen LogP contribution in [0.1, 0.15) is 24.8 Å². The predicted octanol–water partition coefficient (Wildman–Crippen LogP) is 2.68. The topological polar surface area (TPSA) is 56.8 Å². The third-order valence-electron chi connectivity index (χ3n) is 4.79. The van der Waals surface area contributed by atoms with Gasteiger partial charge in [-0.1, -0.05) is 18.2 Å². The van der Waals surface area contributed by atoms with Gasteiger partial charge in [0.15, 0.2) is 0 Å². The van der Waals surface area contributed by atoms with Crippen LogP contribution < -0.4 is 10.1 Å². The fourth-order valence-electron chi connectivity index (χ4n) is 3.09. The van der Waals surface area contributed by atoms with Crippen molar-refractivity contribution in [2.24, 2.45) is 5.92 Å². The molecule has 0 aromatic heterocycles. The monoisotopic (exact) mass is 341 g/mol. The molecule has 1 saturated heterocycles. The molecule has 5 heteroatoms. The van der Waals surface area contributed by atoms with Crippen LogP contribution in [0.25, 0.3) is 6.08 Å². The van der Waals surface area contributed by atoms with Crippen LogP contribution in [0.15, 0.2) is 42.2 Å². The SMILES string of the molecule is O=C(N[C@@H]1COCC[C@@H]1OCC1CC1)C1=Cc2ccccc2OC=C1. The quantitative estimate of drug-likeness (QED) is 0.895. The van der Waals surface area contributed by atoms with E-state index in [1.165, 1.54) is 12.8 Å². The second kappa shape index (κ2) is 7.42. The van der Waals surface area contributed by atoms with E-state index in [0.29, 0.717) is 24.7 Å².